The zero-order valence-corrected chi connectivity index (χ0v) is 32.9. The van der Waals surface area contributed by atoms with Crippen molar-refractivity contribution in [2.24, 2.45) is 0 Å². The van der Waals surface area contributed by atoms with Crippen molar-refractivity contribution in [2.45, 2.75) is 31.8 Å². The highest BCUT2D eigenvalue weighted by Crippen LogP contribution is 2.34. The maximum atomic E-state index is 12.4. The van der Waals surface area contributed by atoms with E-state index in [9.17, 15) is 19.2 Å². The van der Waals surface area contributed by atoms with Crippen molar-refractivity contribution in [1.82, 2.24) is 14.3 Å². The fraction of sp³-hybridized carbons (Fsp3) is 0.133. The van der Waals surface area contributed by atoms with Gasteiger partial charge in [-0.1, -0.05) is 120 Å². The van der Waals surface area contributed by atoms with Gasteiger partial charge in [0.05, 0.1) is 51.2 Å². The number of fused-ring (bicyclic) bond motifs is 2. The number of nitrogens with one attached hydrogen (secondary N) is 1. The summed E-state index contributed by atoms with van der Waals surface area (Å²) in [6.45, 7) is 0.803. The van der Waals surface area contributed by atoms with Crippen LogP contribution in [0.5, 0.6) is 5.88 Å². The van der Waals surface area contributed by atoms with Gasteiger partial charge in [-0.25, -0.2) is 4.79 Å². The van der Waals surface area contributed by atoms with Gasteiger partial charge in [0.1, 0.15) is 0 Å². The van der Waals surface area contributed by atoms with Crippen LogP contribution in [0.15, 0.2) is 140 Å². The molecule has 12 nitrogen and oxygen atoms in total. The first-order chi connectivity index (χ1) is 28.5. The number of ketones is 1. The molecule has 2 aromatic heterocycles. The predicted molar refractivity (Wildman–Crippen MR) is 225 cm³/mol. The number of hydrogen-bond acceptors (Lipinski definition) is 7. The maximum absolute atomic E-state index is 12.4. The van der Waals surface area contributed by atoms with Crippen LogP contribution < -0.4 is 10.1 Å². The van der Waals surface area contributed by atoms with Crippen molar-refractivity contribution in [3.63, 3.8) is 0 Å². The smallest absolute Gasteiger partial charge is 0.341 e. The van der Waals surface area contributed by atoms with Crippen LogP contribution in [0.3, 0.4) is 0 Å². The molecule has 8 rings (SSSR count). The quantitative estimate of drug-likeness (QED) is 0.0870. The number of carboxylic acids is 3. The highest BCUT2D eigenvalue weighted by molar-refractivity contribution is 6.39. The van der Waals surface area contributed by atoms with Gasteiger partial charge in [0.2, 0.25) is 11.7 Å². The van der Waals surface area contributed by atoms with Gasteiger partial charge in [0, 0.05) is 23.5 Å². The molecule has 0 saturated heterocycles. The van der Waals surface area contributed by atoms with E-state index in [0.717, 1.165) is 22.2 Å². The highest BCUT2D eigenvalue weighted by Gasteiger charge is 2.31. The summed E-state index contributed by atoms with van der Waals surface area (Å²) in [7, 11) is 0. The van der Waals surface area contributed by atoms with Crippen LogP contribution in [0, 0.1) is 0 Å². The Balaban J connectivity index is 0.000000149. The monoisotopic (exact) mass is 832 g/mol. The molecule has 0 spiro atoms. The third-order valence-corrected chi connectivity index (χ3v) is 9.92. The molecule has 1 aliphatic heterocycles. The molecule has 0 bridgehead atoms. The number of carbonyl (C=O) groups is 4. The van der Waals surface area contributed by atoms with Crippen LogP contribution in [-0.2, 0) is 33.9 Å². The number of aromatic nitrogens is 3. The zero-order valence-electron chi connectivity index (χ0n) is 31.4. The summed E-state index contributed by atoms with van der Waals surface area (Å²) < 4.78 is 8.92. The first kappa shape index (κ1) is 41.7. The second kappa shape index (κ2) is 19.5. The number of para-hydroxylation sites is 3. The lowest BCUT2D eigenvalue weighted by Gasteiger charge is -2.13. The first-order valence-corrected chi connectivity index (χ1v) is 19.1. The minimum atomic E-state index is -1.02. The van der Waals surface area contributed by atoms with Gasteiger partial charge in [-0.05, 0) is 60.0 Å². The molecule has 4 N–H and O–H groups in total. The van der Waals surface area contributed by atoms with Gasteiger partial charge < -0.3 is 29.9 Å². The van der Waals surface area contributed by atoms with E-state index in [2.05, 4.69) is 10.4 Å². The number of rotatable bonds is 12. The minimum Gasteiger partial charge on any atom is -0.481 e. The van der Waals surface area contributed by atoms with Gasteiger partial charge in [-0.15, -0.1) is 5.10 Å². The molecule has 1 unspecified atom stereocenters. The molecular formula is C45H38Cl2N4O8. The minimum absolute atomic E-state index is 0.0575. The Bertz CT molecular complexity index is 2570. The Labute approximate surface area is 348 Å². The zero-order chi connectivity index (χ0) is 41.9. The van der Waals surface area contributed by atoms with Crippen LogP contribution in [0.25, 0.3) is 10.9 Å². The average Bonchev–Trinajstić information content (AvgIpc) is 3.94. The van der Waals surface area contributed by atoms with Crippen LogP contribution in [0.2, 0.25) is 10.0 Å². The maximum Gasteiger partial charge on any atom is 0.341 e. The number of carboxylic acid groups (broad SMARTS) is 3. The lowest BCUT2D eigenvalue weighted by Crippen LogP contribution is -2.10. The summed E-state index contributed by atoms with van der Waals surface area (Å²) in [5.41, 5.74) is 5.89. The van der Waals surface area contributed by atoms with E-state index in [1.54, 1.807) is 60.7 Å². The molecule has 14 heteroatoms. The topological polar surface area (TPSA) is 173 Å². The fourth-order valence-corrected chi connectivity index (χ4v) is 7.04. The molecule has 0 aliphatic carbocycles. The van der Waals surface area contributed by atoms with Crippen LogP contribution in [0.1, 0.15) is 45.2 Å². The highest BCUT2D eigenvalue weighted by atomic mass is 35.5. The number of anilines is 2. The van der Waals surface area contributed by atoms with E-state index in [0.29, 0.717) is 63.6 Å². The number of halogens is 2. The summed E-state index contributed by atoms with van der Waals surface area (Å²) in [5.74, 6) is -2.93. The van der Waals surface area contributed by atoms with E-state index in [1.807, 2.05) is 88.1 Å². The molecule has 59 heavy (non-hydrogen) atoms. The molecule has 1 aliphatic rings. The largest absolute Gasteiger partial charge is 0.481 e. The Hall–Kier alpha value is -6.89. The van der Waals surface area contributed by atoms with E-state index in [1.165, 1.54) is 0 Å². The second-order valence-electron chi connectivity index (χ2n) is 13.3. The standard InChI is InChI=1S/C16H14N2O3.C15H13NO3.C14H11Cl2NO2/c19-15(20)11-21-16-13-8-4-5-9-14(13)18(17-16)10-12-6-2-1-3-7-12;17-14(10-4-2-1-3-5-10)13-7-6-12-11(15(18)19)8-9-16(12)13;15-10-5-3-6-11(16)14(10)17-12-7-2-1-4-9(12)8-13(18)19/h1-9H,10-11H2,(H,19,20);1-7,11H,8-9H2,(H,18,19);1-7,17H,8H2,(H,18,19). The molecule has 300 valence electrons. The lowest BCUT2D eigenvalue weighted by molar-refractivity contribution is -0.140. The molecule has 0 saturated carbocycles. The van der Waals surface area contributed by atoms with Crippen molar-refractivity contribution >= 4 is 69.2 Å². The lowest BCUT2D eigenvalue weighted by atomic mass is 10.1. The van der Waals surface area contributed by atoms with Crippen LogP contribution in [-0.4, -0.2) is 60.0 Å². The van der Waals surface area contributed by atoms with E-state index in [-0.39, 0.29) is 12.2 Å². The normalized spacial score (nSPS) is 12.6. The number of nitrogens with zero attached hydrogens (tertiary/aromatic N) is 3. The van der Waals surface area contributed by atoms with Gasteiger partial charge in [0.25, 0.3) is 0 Å². The van der Waals surface area contributed by atoms with Crippen molar-refractivity contribution in [1.29, 1.82) is 0 Å². The number of benzene rings is 5. The van der Waals surface area contributed by atoms with Gasteiger partial charge >= 0.3 is 17.9 Å². The SMILES string of the molecule is O=C(O)COc1nn(Cc2ccccc2)c2ccccc12.O=C(O)Cc1ccccc1Nc1c(Cl)cccc1Cl.O=C(c1ccccc1)c1ccc2n1CCC2C(=O)O. The Morgan fingerprint density at radius 2 is 1.37 bits per heavy atom. The molecule has 3 heterocycles. The summed E-state index contributed by atoms with van der Waals surface area (Å²) >= 11 is 12.1. The summed E-state index contributed by atoms with van der Waals surface area (Å²) in [6, 6.07) is 42.4. The summed E-state index contributed by atoms with van der Waals surface area (Å²) in [4.78, 5) is 45.0. The van der Waals surface area contributed by atoms with Gasteiger partial charge in [-0.2, -0.15) is 0 Å². The third kappa shape index (κ3) is 10.5. The van der Waals surface area contributed by atoms with Crippen molar-refractivity contribution < 1.29 is 39.2 Å². The second-order valence-corrected chi connectivity index (χ2v) is 14.1. The number of carbonyl (C=O) groups excluding carboxylic acids is 1. The van der Waals surface area contributed by atoms with Crippen LogP contribution >= 0.6 is 23.2 Å². The Morgan fingerprint density at radius 1 is 0.729 bits per heavy atom. The summed E-state index contributed by atoms with van der Waals surface area (Å²) in [5, 5.41) is 36.0. The Kier molecular flexibility index (Phi) is 13.8. The molecule has 1 atom stereocenters. The van der Waals surface area contributed by atoms with Crippen LogP contribution in [0.4, 0.5) is 11.4 Å². The van der Waals surface area contributed by atoms with E-state index >= 15 is 0 Å². The Morgan fingerprint density at radius 3 is 2.05 bits per heavy atom. The molecule has 0 amide bonds. The molecule has 7 aromatic rings. The fourth-order valence-electron chi connectivity index (χ4n) is 6.55. The number of aliphatic carboxylic acids is 3. The van der Waals surface area contributed by atoms with Crippen molar-refractivity contribution in [2.75, 3.05) is 11.9 Å². The van der Waals surface area contributed by atoms with E-state index < -0.39 is 30.4 Å². The molecule has 0 fully saturated rings. The molecule has 5 aromatic carbocycles. The van der Waals surface area contributed by atoms with Crippen molar-refractivity contribution in [3.05, 3.63) is 178 Å². The van der Waals surface area contributed by atoms with Crippen molar-refractivity contribution in [3.8, 4) is 5.88 Å². The molecule has 0 radical (unpaired) electrons. The number of ether oxygens (including phenoxy) is 1. The van der Waals surface area contributed by atoms with Gasteiger partial charge in [-0.3, -0.25) is 19.1 Å². The first-order valence-electron chi connectivity index (χ1n) is 18.4. The van der Waals surface area contributed by atoms with E-state index in [4.69, 9.17) is 43.3 Å². The summed E-state index contributed by atoms with van der Waals surface area (Å²) in [6.07, 6.45) is 0.492. The average molecular weight is 834 g/mol. The molecular weight excluding hydrogens is 795 g/mol. The predicted octanol–water partition coefficient (Wildman–Crippen LogP) is 9.20. The third-order valence-electron chi connectivity index (χ3n) is 9.29. The number of hydrogen-bond donors (Lipinski definition) is 4. The van der Waals surface area contributed by atoms with Gasteiger partial charge in [0.15, 0.2) is 6.61 Å².